The second kappa shape index (κ2) is 8.54. The lowest BCUT2D eigenvalue weighted by molar-refractivity contribution is -0.124. The number of rotatable bonds is 6. The summed E-state index contributed by atoms with van der Waals surface area (Å²) in [6.45, 7) is 8.72. The highest BCUT2D eigenvalue weighted by Gasteiger charge is 2.22. The Hall–Kier alpha value is -2.04. The van der Waals surface area contributed by atoms with E-state index in [0.29, 0.717) is 28.9 Å². The van der Waals surface area contributed by atoms with Gasteiger partial charge in [0.15, 0.2) is 0 Å². The summed E-state index contributed by atoms with van der Waals surface area (Å²) >= 11 is 12.5. The highest BCUT2D eigenvalue weighted by molar-refractivity contribution is 6.42. The molecule has 1 N–H and O–H groups in total. The first-order valence-corrected chi connectivity index (χ1v) is 10.2. The molecule has 0 bridgehead atoms. The van der Waals surface area contributed by atoms with Gasteiger partial charge in [0.25, 0.3) is 0 Å². The van der Waals surface area contributed by atoms with Crippen molar-refractivity contribution >= 4 is 40.1 Å². The van der Waals surface area contributed by atoms with Crippen molar-refractivity contribution in [2.45, 2.75) is 40.2 Å². The molecule has 2 aromatic carbocycles. The first kappa shape index (κ1) is 20.7. The normalized spacial score (nSPS) is 12.5. The van der Waals surface area contributed by atoms with Crippen molar-refractivity contribution in [2.75, 3.05) is 6.54 Å². The molecule has 4 nitrogen and oxygen atoms in total. The summed E-state index contributed by atoms with van der Waals surface area (Å²) in [5.74, 6) is 1.16. The van der Waals surface area contributed by atoms with Gasteiger partial charge in [-0.2, -0.15) is 0 Å². The maximum absolute atomic E-state index is 12.8. The van der Waals surface area contributed by atoms with Crippen molar-refractivity contribution in [1.82, 2.24) is 14.9 Å². The number of benzene rings is 2. The predicted molar refractivity (Wildman–Crippen MR) is 116 cm³/mol. The Labute approximate surface area is 175 Å². The van der Waals surface area contributed by atoms with E-state index in [9.17, 15) is 4.79 Å². The van der Waals surface area contributed by atoms with Crippen LogP contribution in [-0.2, 0) is 11.2 Å². The molecule has 1 amide bonds. The number of hydrogen-bond acceptors (Lipinski definition) is 2. The molecule has 0 saturated carbocycles. The third-order valence-corrected chi connectivity index (χ3v) is 5.46. The molecule has 0 spiro atoms. The second-order valence-corrected chi connectivity index (χ2v) is 8.44. The van der Waals surface area contributed by atoms with E-state index in [1.165, 1.54) is 5.56 Å². The number of nitrogens with one attached hydrogen (secondary N) is 1. The van der Waals surface area contributed by atoms with Crippen molar-refractivity contribution in [1.29, 1.82) is 0 Å². The van der Waals surface area contributed by atoms with E-state index in [1.54, 1.807) is 12.1 Å². The molecule has 0 saturated heterocycles. The number of imidazole rings is 1. The SMILES string of the molecule is Cc1ccc(Cc2nc3cc(Cl)c(Cl)cc3n2[C@H](C)C(=O)NCC(C)C)cc1. The van der Waals surface area contributed by atoms with Gasteiger partial charge in [0.05, 0.1) is 21.1 Å². The summed E-state index contributed by atoms with van der Waals surface area (Å²) in [5, 5.41) is 3.92. The fourth-order valence-corrected chi connectivity index (χ4v) is 3.47. The number of fused-ring (bicyclic) bond motifs is 1. The average Bonchev–Trinajstić information content (AvgIpc) is 2.98. The van der Waals surface area contributed by atoms with Crippen molar-refractivity contribution in [2.24, 2.45) is 5.92 Å². The molecule has 0 fully saturated rings. The monoisotopic (exact) mass is 417 g/mol. The number of nitrogens with zero attached hydrogens (tertiary/aromatic N) is 2. The number of hydrogen-bond donors (Lipinski definition) is 1. The molecule has 0 aliphatic carbocycles. The maximum Gasteiger partial charge on any atom is 0.242 e. The molecule has 6 heteroatoms. The summed E-state index contributed by atoms with van der Waals surface area (Å²) in [6, 6.07) is 11.5. The quantitative estimate of drug-likeness (QED) is 0.569. The molecular formula is C22H25Cl2N3O. The maximum atomic E-state index is 12.8. The third kappa shape index (κ3) is 4.50. The van der Waals surface area contributed by atoms with Crippen LogP contribution in [0.2, 0.25) is 10.0 Å². The zero-order chi connectivity index (χ0) is 20.4. The number of amides is 1. The van der Waals surface area contributed by atoms with Crippen molar-refractivity contribution in [3.05, 3.63) is 63.4 Å². The molecule has 3 rings (SSSR count). The van der Waals surface area contributed by atoms with Gasteiger partial charge in [-0.25, -0.2) is 4.98 Å². The van der Waals surface area contributed by atoms with Crippen LogP contribution in [0.15, 0.2) is 36.4 Å². The highest BCUT2D eigenvalue weighted by Crippen LogP contribution is 2.31. The lowest BCUT2D eigenvalue weighted by Gasteiger charge is -2.18. The van der Waals surface area contributed by atoms with Crippen LogP contribution in [0.25, 0.3) is 11.0 Å². The molecule has 1 heterocycles. The van der Waals surface area contributed by atoms with E-state index in [0.717, 1.165) is 22.4 Å². The molecule has 0 radical (unpaired) electrons. The fourth-order valence-electron chi connectivity index (χ4n) is 3.16. The van der Waals surface area contributed by atoms with Gasteiger partial charge in [-0.1, -0.05) is 66.9 Å². The number of aryl methyl sites for hydroxylation is 1. The minimum Gasteiger partial charge on any atom is -0.354 e. The van der Waals surface area contributed by atoms with Crippen LogP contribution in [0.3, 0.4) is 0 Å². The van der Waals surface area contributed by atoms with Crippen LogP contribution in [0.4, 0.5) is 0 Å². The van der Waals surface area contributed by atoms with Crippen molar-refractivity contribution < 1.29 is 4.79 Å². The zero-order valence-corrected chi connectivity index (χ0v) is 18.1. The van der Waals surface area contributed by atoms with E-state index < -0.39 is 6.04 Å². The topological polar surface area (TPSA) is 46.9 Å². The molecule has 0 aliphatic heterocycles. The minimum atomic E-state index is -0.415. The minimum absolute atomic E-state index is 0.0378. The number of carbonyl (C=O) groups excluding carboxylic acids is 1. The standard InChI is InChI=1S/C22H25Cl2N3O/c1-13(2)12-25-22(28)15(4)27-20-11-18(24)17(23)10-19(20)26-21(27)9-16-7-5-14(3)6-8-16/h5-8,10-11,13,15H,9,12H2,1-4H3,(H,25,28)/t15-/m1/s1. The van der Waals surface area contributed by atoms with Gasteiger partial charge in [0, 0.05) is 13.0 Å². The Kier molecular flexibility index (Phi) is 6.31. The van der Waals surface area contributed by atoms with Gasteiger partial charge in [-0.3, -0.25) is 4.79 Å². The lowest BCUT2D eigenvalue weighted by Crippen LogP contribution is -2.34. The number of carbonyl (C=O) groups is 1. The fraction of sp³-hybridized carbons (Fsp3) is 0.364. The van der Waals surface area contributed by atoms with Crippen LogP contribution in [-0.4, -0.2) is 22.0 Å². The van der Waals surface area contributed by atoms with Crippen molar-refractivity contribution in [3.8, 4) is 0 Å². The van der Waals surface area contributed by atoms with E-state index in [1.807, 2.05) is 11.5 Å². The Morgan fingerprint density at radius 1 is 1.11 bits per heavy atom. The molecule has 0 aliphatic rings. The Balaban J connectivity index is 2.04. The Morgan fingerprint density at radius 3 is 2.39 bits per heavy atom. The molecular weight excluding hydrogens is 393 g/mol. The largest absolute Gasteiger partial charge is 0.354 e. The lowest BCUT2D eigenvalue weighted by atomic mass is 10.1. The van der Waals surface area contributed by atoms with Crippen LogP contribution in [0.5, 0.6) is 0 Å². The highest BCUT2D eigenvalue weighted by atomic mass is 35.5. The van der Waals surface area contributed by atoms with E-state index in [2.05, 4.69) is 50.4 Å². The molecule has 1 aromatic heterocycles. The average molecular weight is 418 g/mol. The second-order valence-electron chi connectivity index (χ2n) is 7.63. The van der Waals surface area contributed by atoms with E-state index in [-0.39, 0.29) is 5.91 Å². The van der Waals surface area contributed by atoms with Crippen LogP contribution in [0.1, 0.15) is 43.8 Å². The van der Waals surface area contributed by atoms with Gasteiger partial charge >= 0.3 is 0 Å². The smallest absolute Gasteiger partial charge is 0.242 e. The number of halogens is 2. The van der Waals surface area contributed by atoms with Gasteiger partial charge in [-0.05, 0) is 37.5 Å². The summed E-state index contributed by atoms with van der Waals surface area (Å²) in [5.41, 5.74) is 3.88. The summed E-state index contributed by atoms with van der Waals surface area (Å²) in [6.07, 6.45) is 0.617. The van der Waals surface area contributed by atoms with Gasteiger partial charge in [-0.15, -0.1) is 0 Å². The molecule has 3 aromatic rings. The van der Waals surface area contributed by atoms with E-state index >= 15 is 0 Å². The molecule has 0 unspecified atom stereocenters. The first-order valence-electron chi connectivity index (χ1n) is 9.45. The Bertz CT molecular complexity index is 993. The molecule has 1 atom stereocenters. The molecule has 28 heavy (non-hydrogen) atoms. The van der Waals surface area contributed by atoms with E-state index in [4.69, 9.17) is 28.2 Å². The van der Waals surface area contributed by atoms with Gasteiger partial charge in [0.1, 0.15) is 11.9 Å². The zero-order valence-electron chi connectivity index (χ0n) is 16.6. The molecule has 148 valence electrons. The van der Waals surface area contributed by atoms with Crippen LogP contribution < -0.4 is 5.32 Å². The van der Waals surface area contributed by atoms with Crippen LogP contribution >= 0.6 is 23.2 Å². The summed E-state index contributed by atoms with van der Waals surface area (Å²) in [7, 11) is 0. The summed E-state index contributed by atoms with van der Waals surface area (Å²) in [4.78, 5) is 17.5. The Morgan fingerprint density at radius 2 is 1.75 bits per heavy atom. The third-order valence-electron chi connectivity index (χ3n) is 4.74. The van der Waals surface area contributed by atoms with Crippen molar-refractivity contribution in [3.63, 3.8) is 0 Å². The number of aromatic nitrogens is 2. The first-order chi connectivity index (χ1) is 13.3. The van der Waals surface area contributed by atoms with Gasteiger partial charge in [0.2, 0.25) is 5.91 Å². The summed E-state index contributed by atoms with van der Waals surface area (Å²) < 4.78 is 1.97. The van der Waals surface area contributed by atoms with Crippen LogP contribution in [0, 0.1) is 12.8 Å². The predicted octanol–water partition coefficient (Wildman–Crippen LogP) is 5.58. The van der Waals surface area contributed by atoms with Gasteiger partial charge < -0.3 is 9.88 Å².